The van der Waals surface area contributed by atoms with Gasteiger partial charge in [-0.05, 0) is 23.8 Å². The lowest BCUT2D eigenvalue weighted by atomic mass is 10.0. The van der Waals surface area contributed by atoms with Crippen LogP contribution in [0.4, 0.5) is 14.9 Å². The van der Waals surface area contributed by atoms with Gasteiger partial charge in [0, 0.05) is 22.8 Å². The first kappa shape index (κ1) is 16.3. The van der Waals surface area contributed by atoms with Crippen LogP contribution in [0.3, 0.4) is 0 Å². The molecule has 3 rings (SSSR count). The van der Waals surface area contributed by atoms with E-state index in [0.717, 1.165) is 16.8 Å². The Bertz CT molecular complexity index is 809. The number of hydrogen-bond donors (Lipinski definition) is 4. The van der Waals surface area contributed by atoms with E-state index in [2.05, 4.69) is 31.9 Å². The van der Waals surface area contributed by atoms with Crippen molar-refractivity contribution in [1.29, 1.82) is 0 Å². The van der Waals surface area contributed by atoms with E-state index in [4.69, 9.17) is 5.73 Å². The van der Waals surface area contributed by atoms with Gasteiger partial charge in [-0.15, -0.1) is 0 Å². The fourth-order valence-corrected chi connectivity index (χ4v) is 2.97. The first-order chi connectivity index (χ1) is 11.6. The van der Waals surface area contributed by atoms with Crippen molar-refractivity contribution < 1.29 is 9.18 Å². The molecule has 0 bridgehead atoms. The normalized spacial score (nSPS) is 17.2. The number of fused-ring (bicyclic) bond motifs is 1. The average Bonchev–Trinajstić information content (AvgIpc) is 2.94. The molecule has 2 amide bonds. The molecule has 0 radical (unpaired) electrons. The van der Waals surface area contributed by atoms with Crippen LogP contribution in [0.2, 0.25) is 0 Å². The Labute approximate surface area is 147 Å². The fraction of sp³-hybridized carbons (Fsp3) is 0.118. The number of rotatable bonds is 3. The highest BCUT2D eigenvalue weighted by Crippen LogP contribution is 2.31. The summed E-state index contributed by atoms with van der Waals surface area (Å²) in [5.41, 5.74) is 8.66. The van der Waals surface area contributed by atoms with Crippen LogP contribution in [-0.2, 0) is 0 Å². The van der Waals surface area contributed by atoms with Crippen molar-refractivity contribution in [2.45, 2.75) is 6.04 Å². The van der Waals surface area contributed by atoms with Crippen LogP contribution in [0, 0.1) is 5.82 Å². The molecule has 5 nitrogen and oxygen atoms in total. The predicted octanol–water partition coefficient (Wildman–Crippen LogP) is 3.31. The van der Waals surface area contributed by atoms with Crippen molar-refractivity contribution in [3.8, 4) is 0 Å². The van der Waals surface area contributed by atoms with E-state index in [1.54, 1.807) is 6.07 Å². The van der Waals surface area contributed by atoms with Crippen molar-refractivity contribution >= 4 is 33.3 Å². The zero-order valence-electron chi connectivity index (χ0n) is 12.6. The third kappa shape index (κ3) is 3.35. The molecule has 1 aliphatic heterocycles. The van der Waals surface area contributed by atoms with E-state index in [0.29, 0.717) is 11.0 Å². The van der Waals surface area contributed by atoms with E-state index < -0.39 is 11.8 Å². The van der Waals surface area contributed by atoms with Gasteiger partial charge >= 0.3 is 6.03 Å². The van der Waals surface area contributed by atoms with Gasteiger partial charge in [-0.1, -0.05) is 40.2 Å². The highest BCUT2D eigenvalue weighted by Gasteiger charge is 2.25. The van der Waals surface area contributed by atoms with Gasteiger partial charge in [-0.25, -0.2) is 9.18 Å². The molecule has 1 aliphatic rings. The second-order valence-electron chi connectivity index (χ2n) is 5.32. The summed E-state index contributed by atoms with van der Waals surface area (Å²) in [5, 5.41) is 8.50. The van der Waals surface area contributed by atoms with Crippen molar-refractivity contribution in [1.82, 2.24) is 10.6 Å². The van der Waals surface area contributed by atoms with Crippen LogP contribution in [0.1, 0.15) is 17.2 Å². The van der Waals surface area contributed by atoms with Gasteiger partial charge in [0.15, 0.2) is 0 Å². The van der Waals surface area contributed by atoms with Gasteiger partial charge in [-0.2, -0.15) is 0 Å². The molecule has 0 saturated heterocycles. The number of carbonyl (C=O) groups excluding carboxylic acids is 1. The Balaban J connectivity index is 1.63. The summed E-state index contributed by atoms with van der Waals surface area (Å²) in [7, 11) is 0. The fourth-order valence-electron chi connectivity index (χ4n) is 2.64. The summed E-state index contributed by atoms with van der Waals surface area (Å²) in [4.78, 5) is 12.0. The largest absolute Gasteiger partial charge is 0.403 e. The monoisotopic (exact) mass is 390 g/mol. The number of carbonyl (C=O) groups is 1. The number of anilines is 1. The number of benzene rings is 2. The van der Waals surface area contributed by atoms with Crippen LogP contribution < -0.4 is 21.7 Å². The second-order valence-corrected chi connectivity index (χ2v) is 6.24. The van der Waals surface area contributed by atoms with Crippen molar-refractivity contribution in [2.75, 3.05) is 11.9 Å². The average molecular weight is 391 g/mol. The molecule has 24 heavy (non-hydrogen) atoms. The Morgan fingerprint density at radius 1 is 1.33 bits per heavy atom. The third-order valence-electron chi connectivity index (χ3n) is 3.77. The number of halogens is 2. The molecule has 1 atom stereocenters. The van der Waals surface area contributed by atoms with Gasteiger partial charge in [-0.3, -0.25) is 0 Å². The maximum atomic E-state index is 13.7. The Morgan fingerprint density at radius 2 is 2.12 bits per heavy atom. The first-order valence-electron chi connectivity index (χ1n) is 7.36. The van der Waals surface area contributed by atoms with E-state index in [1.165, 1.54) is 18.3 Å². The van der Waals surface area contributed by atoms with Crippen LogP contribution in [0.5, 0.6) is 0 Å². The van der Waals surface area contributed by atoms with E-state index in [-0.39, 0.29) is 11.7 Å². The van der Waals surface area contributed by atoms with Crippen molar-refractivity contribution in [3.63, 3.8) is 0 Å². The summed E-state index contributed by atoms with van der Waals surface area (Å²) in [5.74, 6) is -0.503. The molecule has 0 aliphatic carbocycles. The number of nitrogens with one attached hydrogen (secondary N) is 3. The molecule has 7 heteroatoms. The SMILES string of the molecule is N/C=C1\NC(CNC(=O)Nc2ccc(Br)cc2F)c2ccccc21. The summed E-state index contributed by atoms with van der Waals surface area (Å²) in [6.45, 7) is 0.346. The molecule has 0 spiro atoms. The molecule has 2 aromatic carbocycles. The van der Waals surface area contributed by atoms with Crippen LogP contribution >= 0.6 is 15.9 Å². The van der Waals surface area contributed by atoms with Gasteiger partial charge < -0.3 is 21.7 Å². The van der Waals surface area contributed by atoms with Gasteiger partial charge in [0.1, 0.15) is 5.82 Å². The summed E-state index contributed by atoms with van der Waals surface area (Å²) >= 11 is 3.17. The van der Waals surface area contributed by atoms with Crippen LogP contribution in [-0.4, -0.2) is 12.6 Å². The third-order valence-corrected chi connectivity index (χ3v) is 4.26. The minimum Gasteiger partial charge on any atom is -0.403 e. The minimum absolute atomic E-state index is 0.0866. The molecular weight excluding hydrogens is 375 g/mol. The Hall–Kier alpha value is -2.54. The zero-order chi connectivity index (χ0) is 17.1. The standard InChI is InChI=1S/C17H16BrFN4O/c18-10-5-6-14(13(19)7-10)23-17(24)21-9-16-12-4-2-1-3-11(12)15(8-20)22-16/h1-8,16,22H,9,20H2,(H2,21,23,24)/b15-8-. The molecule has 1 heterocycles. The number of urea groups is 1. The lowest BCUT2D eigenvalue weighted by Crippen LogP contribution is -2.35. The molecule has 5 N–H and O–H groups in total. The molecular formula is C17H16BrFN4O. The zero-order valence-corrected chi connectivity index (χ0v) is 14.2. The lowest BCUT2D eigenvalue weighted by Gasteiger charge is -2.14. The first-order valence-corrected chi connectivity index (χ1v) is 8.15. The summed E-state index contributed by atoms with van der Waals surface area (Å²) < 4.78 is 14.3. The Kier molecular flexibility index (Phi) is 4.71. The summed E-state index contributed by atoms with van der Waals surface area (Å²) in [6, 6.07) is 11.7. The number of hydrogen-bond acceptors (Lipinski definition) is 3. The molecule has 0 fully saturated rings. The van der Waals surface area contributed by atoms with Gasteiger partial charge in [0.2, 0.25) is 0 Å². The maximum absolute atomic E-state index is 13.7. The number of nitrogens with two attached hydrogens (primary N) is 1. The summed E-state index contributed by atoms with van der Waals surface area (Å²) in [6.07, 6.45) is 1.51. The molecule has 0 aromatic heterocycles. The Morgan fingerprint density at radius 3 is 2.88 bits per heavy atom. The topological polar surface area (TPSA) is 79.2 Å². The van der Waals surface area contributed by atoms with Crippen LogP contribution in [0.25, 0.3) is 5.70 Å². The highest BCUT2D eigenvalue weighted by molar-refractivity contribution is 9.10. The van der Waals surface area contributed by atoms with E-state index in [1.807, 2.05) is 24.3 Å². The van der Waals surface area contributed by atoms with Gasteiger partial charge in [0.25, 0.3) is 0 Å². The predicted molar refractivity (Wildman–Crippen MR) is 95.6 cm³/mol. The second kappa shape index (κ2) is 6.92. The minimum atomic E-state index is -0.503. The van der Waals surface area contributed by atoms with Crippen molar-refractivity contribution in [3.05, 3.63) is 70.1 Å². The quantitative estimate of drug-likeness (QED) is 0.648. The molecule has 2 aromatic rings. The van der Waals surface area contributed by atoms with Gasteiger partial charge in [0.05, 0.1) is 17.4 Å². The van der Waals surface area contributed by atoms with E-state index >= 15 is 0 Å². The van der Waals surface area contributed by atoms with Crippen molar-refractivity contribution in [2.24, 2.45) is 5.73 Å². The van der Waals surface area contributed by atoms with E-state index in [9.17, 15) is 9.18 Å². The molecule has 124 valence electrons. The number of amides is 2. The molecule has 0 saturated carbocycles. The highest BCUT2D eigenvalue weighted by atomic mass is 79.9. The lowest BCUT2D eigenvalue weighted by molar-refractivity contribution is 0.251. The smallest absolute Gasteiger partial charge is 0.319 e. The van der Waals surface area contributed by atoms with Crippen LogP contribution in [0.15, 0.2) is 53.1 Å². The maximum Gasteiger partial charge on any atom is 0.319 e. The molecule has 1 unspecified atom stereocenters.